The first kappa shape index (κ1) is 13.8. The normalized spacial score (nSPS) is 35.8. The van der Waals surface area contributed by atoms with Crippen LogP contribution in [0.2, 0.25) is 0 Å². The van der Waals surface area contributed by atoms with Crippen LogP contribution in [0.15, 0.2) is 0 Å². The average molecular weight is 274 g/mol. The summed E-state index contributed by atoms with van der Waals surface area (Å²) in [5, 5.41) is 0. The van der Waals surface area contributed by atoms with Gasteiger partial charge in [0.2, 0.25) is 0 Å². The van der Waals surface area contributed by atoms with Crippen LogP contribution in [-0.2, 0) is 38.1 Å². The van der Waals surface area contributed by atoms with Crippen molar-refractivity contribution in [3.05, 3.63) is 0 Å². The standard InChI is InChI=1S/C11H14O8/c1-4(12)16-6-7(17-5(2)13)9-11(19-9)18-8(6)10(14)15-3/h6-9,11H,1-3H3/t6-,7-,8-,9+,11+/m0/s1. The zero-order chi connectivity index (χ0) is 14.2. The average Bonchev–Trinajstić information content (AvgIpc) is 3.08. The number of methoxy groups -OCH3 is 1. The van der Waals surface area contributed by atoms with Crippen LogP contribution in [0.25, 0.3) is 0 Å². The molecule has 0 bridgehead atoms. The lowest BCUT2D eigenvalue weighted by atomic mass is 10.0. The molecule has 19 heavy (non-hydrogen) atoms. The van der Waals surface area contributed by atoms with Crippen LogP contribution >= 0.6 is 0 Å². The zero-order valence-corrected chi connectivity index (χ0v) is 10.7. The molecule has 0 aromatic heterocycles. The van der Waals surface area contributed by atoms with Crippen molar-refractivity contribution in [1.82, 2.24) is 0 Å². The van der Waals surface area contributed by atoms with Gasteiger partial charge in [-0.25, -0.2) is 4.79 Å². The summed E-state index contributed by atoms with van der Waals surface area (Å²) >= 11 is 0. The minimum atomic E-state index is -1.18. The van der Waals surface area contributed by atoms with Crippen molar-refractivity contribution in [2.45, 2.75) is 44.6 Å². The Kier molecular flexibility index (Phi) is 3.72. The van der Waals surface area contributed by atoms with Crippen LogP contribution in [0.4, 0.5) is 0 Å². The van der Waals surface area contributed by atoms with Gasteiger partial charge in [-0.3, -0.25) is 9.59 Å². The molecule has 0 radical (unpaired) electrons. The molecule has 0 saturated carbocycles. The summed E-state index contributed by atoms with van der Waals surface area (Å²) in [6, 6.07) is 0. The van der Waals surface area contributed by atoms with Gasteiger partial charge in [-0.05, 0) is 0 Å². The third kappa shape index (κ3) is 2.85. The molecule has 2 heterocycles. The Balaban J connectivity index is 2.20. The summed E-state index contributed by atoms with van der Waals surface area (Å²) < 4.78 is 25.0. The van der Waals surface area contributed by atoms with E-state index in [2.05, 4.69) is 4.74 Å². The molecule has 0 unspecified atom stereocenters. The summed E-state index contributed by atoms with van der Waals surface area (Å²) in [4.78, 5) is 33.8. The zero-order valence-electron chi connectivity index (χ0n) is 10.7. The predicted octanol–water partition coefficient (Wildman–Crippen LogP) is -0.853. The SMILES string of the molecule is COC(=O)[C@H]1O[C@@H]2O[C@@H]2[C@@H](OC(C)=O)[C@@H]1OC(C)=O. The van der Waals surface area contributed by atoms with E-state index >= 15 is 0 Å². The first-order chi connectivity index (χ1) is 8.93. The molecule has 0 aromatic carbocycles. The van der Waals surface area contributed by atoms with Crippen molar-refractivity contribution in [1.29, 1.82) is 0 Å². The van der Waals surface area contributed by atoms with Crippen LogP contribution < -0.4 is 0 Å². The highest BCUT2D eigenvalue weighted by molar-refractivity contribution is 5.77. The monoisotopic (exact) mass is 274 g/mol. The topological polar surface area (TPSA) is 101 Å². The van der Waals surface area contributed by atoms with Crippen LogP contribution in [0.5, 0.6) is 0 Å². The Hall–Kier alpha value is -1.67. The van der Waals surface area contributed by atoms with Gasteiger partial charge < -0.3 is 23.7 Å². The molecule has 8 nitrogen and oxygen atoms in total. The van der Waals surface area contributed by atoms with Gasteiger partial charge in [0.05, 0.1) is 7.11 Å². The molecule has 0 spiro atoms. The van der Waals surface area contributed by atoms with Gasteiger partial charge in [0.15, 0.2) is 30.7 Å². The molecule has 0 amide bonds. The maximum absolute atomic E-state index is 11.6. The highest BCUT2D eigenvalue weighted by Gasteiger charge is 2.62. The molecule has 2 aliphatic heterocycles. The fourth-order valence-corrected chi connectivity index (χ4v) is 1.98. The number of epoxide rings is 1. The predicted molar refractivity (Wildman–Crippen MR) is 56.7 cm³/mol. The number of esters is 3. The molecule has 106 valence electrons. The maximum atomic E-state index is 11.6. The molecule has 2 aliphatic rings. The second kappa shape index (κ2) is 5.14. The highest BCUT2D eigenvalue weighted by Crippen LogP contribution is 2.39. The minimum absolute atomic E-state index is 0.533. The van der Waals surface area contributed by atoms with Crippen LogP contribution in [-0.4, -0.2) is 55.7 Å². The van der Waals surface area contributed by atoms with E-state index in [0.717, 1.165) is 0 Å². The molecular weight excluding hydrogens is 260 g/mol. The molecule has 0 N–H and O–H groups in total. The van der Waals surface area contributed by atoms with Crippen LogP contribution in [0.1, 0.15) is 13.8 Å². The van der Waals surface area contributed by atoms with Gasteiger partial charge in [0.1, 0.15) is 0 Å². The van der Waals surface area contributed by atoms with Crippen molar-refractivity contribution in [2.24, 2.45) is 0 Å². The smallest absolute Gasteiger partial charge is 0.339 e. The molecule has 8 heteroatoms. The van der Waals surface area contributed by atoms with E-state index in [-0.39, 0.29) is 0 Å². The van der Waals surface area contributed by atoms with Crippen LogP contribution in [0, 0.1) is 0 Å². The number of hydrogen-bond acceptors (Lipinski definition) is 8. The minimum Gasteiger partial charge on any atom is -0.467 e. The van der Waals surface area contributed by atoms with Crippen molar-refractivity contribution in [3.63, 3.8) is 0 Å². The largest absolute Gasteiger partial charge is 0.467 e. The van der Waals surface area contributed by atoms with Crippen LogP contribution in [0.3, 0.4) is 0 Å². The van der Waals surface area contributed by atoms with E-state index in [1.807, 2.05) is 0 Å². The Labute approximate surface area is 108 Å². The summed E-state index contributed by atoms with van der Waals surface area (Å²) in [5.41, 5.74) is 0. The number of rotatable bonds is 3. The van der Waals surface area contributed by atoms with Gasteiger partial charge in [0, 0.05) is 13.8 Å². The van der Waals surface area contributed by atoms with Gasteiger partial charge in [-0.2, -0.15) is 0 Å². The third-order valence-corrected chi connectivity index (χ3v) is 2.75. The van der Waals surface area contributed by atoms with E-state index < -0.39 is 48.6 Å². The van der Waals surface area contributed by atoms with Crippen molar-refractivity contribution in [2.75, 3.05) is 7.11 Å². The first-order valence-corrected chi connectivity index (χ1v) is 5.67. The van der Waals surface area contributed by atoms with E-state index in [9.17, 15) is 14.4 Å². The lowest BCUT2D eigenvalue weighted by molar-refractivity contribution is -0.200. The second-order valence-electron chi connectivity index (χ2n) is 4.20. The van der Waals surface area contributed by atoms with Gasteiger partial charge in [-0.15, -0.1) is 0 Å². The summed E-state index contributed by atoms with van der Waals surface area (Å²) in [5.74, 6) is -1.92. The lowest BCUT2D eigenvalue weighted by Crippen LogP contribution is -2.54. The third-order valence-electron chi connectivity index (χ3n) is 2.75. The van der Waals surface area contributed by atoms with Gasteiger partial charge >= 0.3 is 17.9 Å². The number of ether oxygens (including phenoxy) is 5. The molecule has 2 rings (SSSR count). The molecule has 0 aliphatic carbocycles. The van der Waals surface area contributed by atoms with E-state index in [0.29, 0.717) is 0 Å². The Morgan fingerprint density at radius 3 is 2.05 bits per heavy atom. The first-order valence-electron chi connectivity index (χ1n) is 5.67. The van der Waals surface area contributed by atoms with E-state index in [1.54, 1.807) is 0 Å². The summed E-state index contributed by atoms with van der Waals surface area (Å²) in [6.45, 7) is 2.39. The van der Waals surface area contributed by atoms with Gasteiger partial charge in [-0.1, -0.05) is 0 Å². The Bertz CT molecular complexity index is 405. The van der Waals surface area contributed by atoms with Crippen molar-refractivity contribution < 1.29 is 38.1 Å². The number of carbonyl (C=O) groups is 3. The molecule has 0 aromatic rings. The number of carbonyl (C=O) groups excluding carboxylic acids is 3. The Morgan fingerprint density at radius 2 is 1.53 bits per heavy atom. The van der Waals surface area contributed by atoms with E-state index in [4.69, 9.17) is 18.9 Å². The van der Waals surface area contributed by atoms with Gasteiger partial charge in [0.25, 0.3) is 0 Å². The quantitative estimate of drug-likeness (QED) is 0.372. The number of hydrogen-bond donors (Lipinski definition) is 0. The summed E-state index contributed by atoms with van der Waals surface area (Å²) in [6.07, 6.45) is -4.33. The second-order valence-corrected chi connectivity index (χ2v) is 4.20. The lowest BCUT2D eigenvalue weighted by Gasteiger charge is -2.32. The molecule has 2 saturated heterocycles. The molecular formula is C11H14O8. The fraction of sp³-hybridized carbons (Fsp3) is 0.727. The van der Waals surface area contributed by atoms with Crippen molar-refractivity contribution in [3.8, 4) is 0 Å². The maximum Gasteiger partial charge on any atom is 0.339 e. The van der Waals surface area contributed by atoms with E-state index in [1.165, 1.54) is 21.0 Å². The van der Waals surface area contributed by atoms with Crippen molar-refractivity contribution >= 4 is 17.9 Å². The highest BCUT2D eigenvalue weighted by atomic mass is 16.8. The number of fused-ring (bicyclic) bond motifs is 1. The molecule has 2 fully saturated rings. The summed E-state index contributed by atoms with van der Waals surface area (Å²) in [7, 11) is 1.18. The molecule has 5 atom stereocenters. The Morgan fingerprint density at radius 1 is 0.947 bits per heavy atom. The fourth-order valence-electron chi connectivity index (χ4n) is 1.98.